The van der Waals surface area contributed by atoms with Gasteiger partial charge in [-0.25, -0.2) is 9.59 Å². The van der Waals surface area contributed by atoms with Gasteiger partial charge in [0.25, 0.3) is 0 Å². The van der Waals surface area contributed by atoms with E-state index < -0.39 is 33.8 Å². The van der Waals surface area contributed by atoms with Gasteiger partial charge in [0, 0.05) is 22.2 Å². The SMILES string of the molecule is CC(=O)c1c(N)ccc(C(=O)O)c1O[N@+]1(CC(C)(C)C)C(=O)CO[C@H](c2cccc3ccccc23)c2cc(Cl)ccc21. The lowest BCUT2D eigenvalue weighted by molar-refractivity contribution is -0.162. The number of hydrogen-bond acceptors (Lipinski definition) is 6. The molecule has 0 saturated carbocycles. The lowest BCUT2D eigenvalue weighted by Crippen LogP contribution is -2.61. The quantitative estimate of drug-likeness (QED) is 0.142. The van der Waals surface area contributed by atoms with E-state index in [0.717, 1.165) is 16.3 Å². The van der Waals surface area contributed by atoms with Gasteiger partial charge in [-0.1, -0.05) is 74.8 Å². The van der Waals surface area contributed by atoms with Crippen LogP contribution < -0.4 is 15.2 Å². The molecule has 4 aromatic carbocycles. The Balaban J connectivity index is 1.83. The molecule has 4 aromatic rings. The predicted molar refractivity (Wildman–Crippen MR) is 163 cm³/mol. The van der Waals surface area contributed by atoms with Gasteiger partial charge in [0.15, 0.2) is 18.1 Å². The first-order valence-corrected chi connectivity index (χ1v) is 13.9. The molecule has 0 saturated heterocycles. The molecule has 2 atom stereocenters. The molecule has 8 nitrogen and oxygen atoms in total. The van der Waals surface area contributed by atoms with E-state index in [2.05, 4.69) is 0 Å². The number of carboxylic acid groups (broad SMARTS) is 1. The zero-order valence-corrected chi connectivity index (χ0v) is 24.6. The Labute approximate surface area is 248 Å². The fourth-order valence-corrected chi connectivity index (χ4v) is 5.82. The second kappa shape index (κ2) is 10.9. The molecule has 1 amide bonds. The molecule has 0 radical (unpaired) electrons. The molecule has 3 N–H and O–H groups in total. The Morgan fingerprint density at radius 2 is 1.76 bits per heavy atom. The highest BCUT2D eigenvalue weighted by Gasteiger charge is 2.52. The number of nitrogen functional groups attached to an aromatic ring is 1. The fourth-order valence-electron chi connectivity index (χ4n) is 5.64. The number of fused-ring (bicyclic) bond motifs is 2. The number of aromatic carboxylic acids is 1. The van der Waals surface area contributed by atoms with Gasteiger partial charge >= 0.3 is 11.9 Å². The molecule has 0 spiro atoms. The van der Waals surface area contributed by atoms with Gasteiger partial charge in [0.1, 0.15) is 18.2 Å². The van der Waals surface area contributed by atoms with Crippen LogP contribution in [0.2, 0.25) is 5.02 Å². The van der Waals surface area contributed by atoms with Crippen molar-refractivity contribution in [2.75, 3.05) is 18.9 Å². The van der Waals surface area contributed by atoms with Gasteiger partial charge in [-0.2, -0.15) is 0 Å². The van der Waals surface area contributed by atoms with Crippen LogP contribution in [0.3, 0.4) is 0 Å². The van der Waals surface area contributed by atoms with Crippen LogP contribution in [0, 0.1) is 5.41 Å². The van der Waals surface area contributed by atoms with Gasteiger partial charge in [-0.3, -0.25) is 9.63 Å². The maximum atomic E-state index is 14.4. The second-order valence-corrected chi connectivity index (χ2v) is 12.1. The lowest BCUT2D eigenvalue weighted by atomic mass is 9.92. The molecule has 0 aliphatic carbocycles. The zero-order valence-electron chi connectivity index (χ0n) is 23.8. The molecule has 9 heteroatoms. The molecular weight excluding hydrogens is 556 g/mol. The molecule has 0 bridgehead atoms. The minimum Gasteiger partial charge on any atom is -0.478 e. The highest BCUT2D eigenvalue weighted by molar-refractivity contribution is 6.30. The Morgan fingerprint density at radius 3 is 2.45 bits per heavy atom. The summed E-state index contributed by atoms with van der Waals surface area (Å²) in [5.41, 5.74) is 7.12. The van der Waals surface area contributed by atoms with Crippen molar-refractivity contribution in [3.63, 3.8) is 0 Å². The van der Waals surface area contributed by atoms with Gasteiger partial charge in [0.05, 0.1) is 11.1 Å². The smallest absolute Gasteiger partial charge is 0.385 e. The van der Waals surface area contributed by atoms with Crippen molar-refractivity contribution in [3.05, 3.63) is 100 Å². The van der Waals surface area contributed by atoms with Crippen LogP contribution in [0.4, 0.5) is 11.4 Å². The minimum absolute atomic E-state index is 0.0416. The average Bonchev–Trinajstić information content (AvgIpc) is 3.01. The summed E-state index contributed by atoms with van der Waals surface area (Å²) in [5.74, 6) is -2.59. The standard InChI is InChI=1S/C33H31ClN2O6/c1-19(37)29-26(35)14-13-24(32(39)40)31(29)42-36(18-33(2,3)4)27-15-12-21(34)16-25(27)30(41-17-28(36)38)23-11-7-9-20-8-5-6-10-22(20)23/h5-16,30H,17-18H2,1-4H3,(H2-,35,37,39,40)/p+1/t30-,36+/m1/s1. The van der Waals surface area contributed by atoms with Gasteiger partial charge in [0.2, 0.25) is 5.75 Å². The number of Topliss-reactive ketones (excluding diaryl/α,β-unsaturated/α-hetero) is 1. The zero-order chi connectivity index (χ0) is 30.4. The maximum absolute atomic E-state index is 14.4. The third-order valence-corrected chi connectivity index (χ3v) is 7.49. The number of benzene rings is 4. The Bertz CT molecular complexity index is 1740. The van der Waals surface area contributed by atoms with Crippen LogP contribution in [0.25, 0.3) is 10.8 Å². The first-order chi connectivity index (χ1) is 19.8. The number of hydrogen-bond donors (Lipinski definition) is 2. The van der Waals surface area contributed by atoms with Gasteiger partial charge in [-0.15, -0.1) is 0 Å². The number of anilines is 1. The van der Waals surface area contributed by atoms with Crippen LogP contribution >= 0.6 is 11.6 Å². The van der Waals surface area contributed by atoms with E-state index in [1.54, 1.807) is 18.2 Å². The van der Waals surface area contributed by atoms with E-state index in [1.807, 2.05) is 63.2 Å². The second-order valence-electron chi connectivity index (χ2n) is 11.7. The van der Waals surface area contributed by atoms with Crippen molar-refractivity contribution in [3.8, 4) is 5.75 Å². The Morgan fingerprint density at radius 1 is 1.05 bits per heavy atom. The number of amides is 1. The summed E-state index contributed by atoms with van der Waals surface area (Å²) in [6.45, 7) is 6.81. The highest BCUT2D eigenvalue weighted by Crippen LogP contribution is 2.46. The summed E-state index contributed by atoms with van der Waals surface area (Å²) in [7, 11) is 0. The number of rotatable bonds is 6. The predicted octanol–water partition coefficient (Wildman–Crippen LogP) is 6.97. The number of carbonyl (C=O) groups excluding carboxylic acids is 2. The summed E-state index contributed by atoms with van der Waals surface area (Å²) in [6.07, 6.45) is -0.704. The third-order valence-electron chi connectivity index (χ3n) is 7.26. The number of carbonyl (C=O) groups is 3. The van der Waals surface area contributed by atoms with E-state index in [0.29, 0.717) is 16.3 Å². The van der Waals surface area contributed by atoms with Crippen molar-refractivity contribution in [2.24, 2.45) is 5.41 Å². The summed E-state index contributed by atoms with van der Waals surface area (Å²) in [6, 6.07) is 21.5. The molecule has 42 heavy (non-hydrogen) atoms. The van der Waals surface area contributed by atoms with E-state index >= 15 is 0 Å². The largest absolute Gasteiger partial charge is 0.478 e. The Hall–Kier alpha value is -4.24. The number of halogens is 1. The molecule has 0 fully saturated rings. The molecule has 1 aliphatic heterocycles. The van der Waals surface area contributed by atoms with Gasteiger partial charge in [-0.05, 0) is 52.2 Å². The number of ether oxygens (including phenoxy) is 1. The van der Waals surface area contributed by atoms with Crippen LogP contribution in [0.5, 0.6) is 5.75 Å². The van der Waals surface area contributed by atoms with E-state index in [4.69, 9.17) is 26.9 Å². The molecular formula is C33H32ClN2O6+. The number of ketones is 1. The van der Waals surface area contributed by atoms with Crippen molar-refractivity contribution < 1.29 is 29.1 Å². The normalized spacial score (nSPS) is 18.8. The fraction of sp³-hybridized carbons (Fsp3) is 0.242. The first kappa shape index (κ1) is 29.3. The van der Waals surface area contributed by atoms with Crippen LogP contribution in [0.15, 0.2) is 72.8 Å². The number of nitrogens with zero attached hydrogens (tertiary/aromatic N) is 1. The number of nitrogens with two attached hydrogens (primary N) is 1. The van der Waals surface area contributed by atoms with Crippen molar-refractivity contribution in [1.29, 1.82) is 0 Å². The summed E-state index contributed by atoms with van der Waals surface area (Å²) >= 11 is 6.55. The van der Waals surface area contributed by atoms with Crippen LogP contribution in [-0.2, 0) is 9.53 Å². The first-order valence-electron chi connectivity index (χ1n) is 13.5. The highest BCUT2D eigenvalue weighted by atomic mass is 35.5. The van der Waals surface area contributed by atoms with Crippen molar-refractivity contribution >= 4 is 51.4 Å². The molecule has 1 heterocycles. The van der Waals surface area contributed by atoms with Crippen molar-refractivity contribution in [1.82, 2.24) is 4.65 Å². The summed E-state index contributed by atoms with van der Waals surface area (Å²) in [5, 5.41) is 12.5. The van der Waals surface area contributed by atoms with E-state index in [1.165, 1.54) is 19.1 Å². The summed E-state index contributed by atoms with van der Waals surface area (Å²) < 4.78 is 5.59. The number of hydroxylamine groups is 2. The number of carboxylic acids is 1. The van der Waals surface area contributed by atoms with E-state index in [9.17, 15) is 19.5 Å². The number of quaternary nitrogens is 1. The minimum atomic E-state index is -1.33. The topological polar surface area (TPSA) is 116 Å². The maximum Gasteiger partial charge on any atom is 0.385 e. The molecule has 1 aliphatic rings. The molecule has 216 valence electrons. The van der Waals surface area contributed by atoms with Crippen LogP contribution in [-0.4, -0.2) is 35.9 Å². The Kier molecular flexibility index (Phi) is 7.57. The molecule has 0 aromatic heterocycles. The van der Waals surface area contributed by atoms with Gasteiger partial charge < -0.3 is 15.6 Å². The average molecular weight is 588 g/mol. The monoisotopic (exact) mass is 587 g/mol. The lowest BCUT2D eigenvalue weighted by Gasteiger charge is -2.37. The molecule has 5 rings (SSSR count). The van der Waals surface area contributed by atoms with Crippen molar-refractivity contribution in [2.45, 2.75) is 33.8 Å². The third kappa shape index (κ3) is 5.25. The summed E-state index contributed by atoms with van der Waals surface area (Å²) in [4.78, 5) is 46.2. The van der Waals surface area contributed by atoms with Crippen LogP contribution in [0.1, 0.15) is 65.6 Å². The molecule has 0 unspecified atom stereocenters. The van der Waals surface area contributed by atoms with E-state index in [-0.39, 0.29) is 35.7 Å².